The molecule has 1 amide bonds. The zero-order valence-corrected chi connectivity index (χ0v) is 15.3. The zero-order valence-electron chi connectivity index (χ0n) is 15.3. The van der Waals surface area contributed by atoms with E-state index in [4.69, 9.17) is 4.84 Å². The van der Waals surface area contributed by atoms with Gasteiger partial charge in [0.05, 0.1) is 6.54 Å². The number of carbonyl (C=O) groups excluding carboxylic acids is 1. The van der Waals surface area contributed by atoms with Gasteiger partial charge in [-0.05, 0) is 17.5 Å². The summed E-state index contributed by atoms with van der Waals surface area (Å²) in [5, 5.41) is 7.07. The van der Waals surface area contributed by atoms with Crippen molar-refractivity contribution >= 4 is 17.6 Å². The molecule has 3 heterocycles. The molecule has 1 spiro atoms. The van der Waals surface area contributed by atoms with Crippen molar-refractivity contribution in [2.24, 2.45) is 5.16 Å². The second-order valence-electron chi connectivity index (χ2n) is 7.23. The number of hydrogen-bond donors (Lipinski definition) is 1. The van der Waals surface area contributed by atoms with Crippen molar-refractivity contribution < 1.29 is 9.63 Å². The van der Waals surface area contributed by atoms with Gasteiger partial charge < -0.3 is 15.1 Å². The van der Waals surface area contributed by atoms with Crippen LogP contribution in [0.25, 0.3) is 0 Å². The Morgan fingerprint density at radius 1 is 1.26 bits per heavy atom. The monoisotopic (exact) mass is 365 g/mol. The summed E-state index contributed by atoms with van der Waals surface area (Å²) < 4.78 is 0. The Morgan fingerprint density at radius 2 is 2.04 bits per heavy atom. The summed E-state index contributed by atoms with van der Waals surface area (Å²) in [6.07, 6.45) is 4.77. The maximum absolute atomic E-state index is 12.5. The summed E-state index contributed by atoms with van der Waals surface area (Å²) in [6, 6.07) is 11.9. The first-order valence-corrected chi connectivity index (χ1v) is 9.25. The quantitative estimate of drug-likeness (QED) is 0.878. The van der Waals surface area contributed by atoms with E-state index in [-0.39, 0.29) is 11.8 Å². The fourth-order valence-electron chi connectivity index (χ4n) is 3.58. The van der Waals surface area contributed by atoms with E-state index in [1.807, 2.05) is 18.2 Å². The van der Waals surface area contributed by atoms with Gasteiger partial charge in [0.1, 0.15) is 5.71 Å². The second-order valence-corrected chi connectivity index (χ2v) is 7.23. The molecule has 1 saturated heterocycles. The number of carbonyl (C=O) groups is 1. The number of anilines is 1. The fraction of sp³-hybridized carbons (Fsp3) is 0.400. The van der Waals surface area contributed by atoms with Crippen molar-refractivity contribution in [3.8, 4) is 0 Å². The van der Waals surface area contributed by atoms with Crippen LogP contribution >= 0.6 is 0 Å². The number of hydrogen-bond acceptors (Lipinski definition) is 6. The number of amides is 1. The summed E-state index contributed by atoms with van der Waals surface area (Å²) in [7, 11) is 0. The summed E-state index contributed by atoms with van der Waals surface area (Å²) >= 11 is 0. The maximum atomic E-state index is 12.5. The lowest BCUT2D eigenvalue weighted by molar-refractivity contribution is -0.115. The summed E-state index contributed by atoms with van der Waals surface area (Å²) in [6.45, 7) is 4.09. The van der Waals surface area contributed by atoms with Crippen molar-refractivity contribution in [3.63, 3.8) is 0 Å². The molecule has 2 aliphatic heterocycles. The molecule has 0 unspecified atom stereocenters. The first kappa shape index (κ1) is 17.5. The molecule has 4 rings (SSSR count). The van der Waals surface area contributed by atoms with Gasteiger partial charge in [-0.3, -0.25) is 4.79 Å². The molecule has 1 aromatic heterocycles. The normalized spacial score (nSPS) is 22.4. The van der Waals surface area contributed by atoms with Gasteiger partial charge in [0, 0.05) is 38.3 Å². The van der Waals surface area contributed by atoms with E-state index in [1.54, 1.807) is 18.5 Å². The molecule has 7 nitrogen and oxygen atoms in total. The van der Waals surface area contributed by atoms with E-state index in [0.717, 1.165) is 13.0 Å². The van der Waals surface area contributed by atoms with Crippen LogP contribution in [0.1, 0.15) is 31.2 Å². The molecule has 0 aliphatic carbocycles. The van der Waals surface area contributed by atoms with E-state index in [2.05, 4.69) is 44.4 Å². The van der Waals surface area contributed by atoms with Gasteiger partial charge in [0.2, 0.25) is 5.95 Å². The third-order valence-electron chi connectivity index (χ3n) is 5.19. The fourth-order valence-corrected chi connectivity index (χ4v) is 3.58. The van der Waals surface area contributed by atoms with Crippen LogP contribution in [-0.4, -0.2) is 46.8 Å². The van der Waals surface area contributed by atoms with Crippen LogP contribution in [0.4, 0.5) is 5.95 Å². The van der Waals surface area contributed by atoms with Crippen LogP contribution < -0.4 is 10.2 Å². The van der Waals surface area contributed by atoms with Gasteiger partial charge in [-0.25, -0.2) is 9.97 Å². The average molecular weight is 365 g/mol. The smallest absolute Gasteiger partial charge is 0.269 e. The minimum absolute atomic E-state index is 0.149. The lowest BCUT2D eigenvalue weighted by Crippen LogP contribution is -2.38. The van der Waals surface area contributed by atoms with Crippen LogP contribution in [0.3, 0.4) is 0 Å². The molecule has 27 heavy (non-hydrogen) atoms. The zero-order chi connectivity index (χ0) is 18.7. The minimum atomic E-state index is -0.447. The van der Waals surface area contributed by atoms with E-state index >= 15 is 0 Å². The predicted molar refractivity (Wildman–Crippen MR) is 103 cm³/mol. The van der Waals surface area contributed by atoms with Crippen molar-refractivity contribution in [3.05, 3.63) is 54.4 Å². The van der Waals surface area contributed by atoms with Gasteiger partial charge in [-0.1, -0.05) is 42.4 Å². The summed E-state index contributed by atoms with van der Waals surface area (Å²) in [5.41, 5.74) is 1.22. The van der Waals surface area contributed by atoms with E-state index in [1.165, 1.54) is 5.56 Å². The van der Waals surface area contributed by atoms with Crippen LogP contribution in [-0.2, 0) is 9.63 Å². The van der Waals surface area contributed by atoms with Crippen LogP contribution in [0, 0.1) is 0 Å². The SMILES string of the molecule is C[C@H](CNC(=O)C1=NO[C@]2(CCN(c3ncccn3)C2)C1)c1ccccc1. The lowest BCUT2D eigenvalue weighted by atomic mass is 9.96. The van der Waals surface area contributed by atoms with E-state index in [9.17, 15) is 4.79 Å². The van der Waals surface area contributed by atoms with Crippen LogP contribution in [0.2, 0.25) is 0 Å². The second kappa shape index (κ2) is 7.34. The highest BCUT2D eigenvalue weighted by atomic mass is 16.7. The first-order valence-electron chi connectivity index (χ1n) is 9.25. The number of benzene rings is 1. The molecule has 2 aromatic rings. The molecule has 140 valence electrons. The number of aromatic nitrogens is 2. The molecule has 1 N–H and O–H groups in total. The first-order chi connectivity index (χ1) is 13.2. The van der Waals surface area contributed by atoms with E-state index in [0.29, 0.717) is 31.2 Å². The molecule has 2 atom stereocenters. The van der Waals surface area contributed by atoms with Gasteiger partial charge in [0.15, 0.2) is 5.60 Å². The molecular formula is C20H23N5O2. The Kier molecular flexibility index (Phi) is 4.75. The Balaban J connectivity index is 1.31. The van der Waals surface area contributed by atoms with Gasteiger partial charge in [-0.2, -0.15) is 0 Å². The predicted octanol–water partition coefficient (Wildman–Crippen LogP) is 2.12. The maximum Gasteiger partial charge on any atom is 0.269 e. The van der Waals surface area contributed by atoms with Gasteiger partial charge in [0.25, 0.3) is 5.91 Å². The van der Waals surface area contributed by atoms with Crippen molar-refractivity contribution in [1.29, 1.82) is 0 Å². The number of rotatable bonds is 5. The molecule has 2 aliphatic rings. The van der Waals surface area contributed by atoms with Gasteiger partial charge >= 0.3 is 0 Å². The van der Waals surface area contributed by atoms with Crippen molar-refractivity contribution in [2.45, 2.75) is 31.3 Å². The lowest BCUT2D eigenvalue weighted by Gasteiger charge is -2.21. The summed E-state index contributed by atoms with van der Waals surface area (Å²) in [4.78, 5) is 28.9. The molecule has 1 aromatic carbocycles. The molecule has 0 bridgehead atoms. The number of nitrogens with one attached hydrogen (secondary N) is 1. The Labute approximate surface area is 158 Å². The highest BCUT2D eigenvalue weighted by Gasteiger charge is 2.47. The number of nitrogens with zero attached hydrogens (tertiary/aromatic N) is 4. The largest absolute Gasteiger partial charge is 0.386 e. The third kappa shape index (κ3) is 3.77. The van der Waals surface area contributed by atoms with Crippen LogP contribution in [0.5, 0.6) is 0 Å². The van der Waals surface area contributed by atoms with Crippen molar-refractivity contribution in [1.82, 2.24) is 15.3 Å². The Morgan fingerprint density at radius 3 is 2.81 bits per heavy atom. The molecule has 0 saturated carbocycles. The average Bonchev–Trinajstić information content (AvgIpc) is 3.34. The van der Waals surface area contributed by atoms with Gasteiger partial charge in [-0.15, -0.1) is 0 Å². The summed E-state index contributed by atoms with van der Waals surface area (Å²) in [5.74, 6) is 0.779. The highest BCUT2D eigenvalue weighted by Crippen LogP contribution is 2.35. The molecular weight excluding hydrogens is 342 g/mol. The van der Waals surface area contributed by atoms with Crippen LogP contribution in [0.15, 0.2) is 53.9 Å². The minimum Gasteiger partial charge on any atom is -0.386 e. The molecule has 1 fully saturated rings. The standard InChI is InChI=1S/C20H23N5O2/c1-15(16-6-3-2-4-7-16)13-23-18(26)17-12-20(27-24-17)8-11-25(14-20)19-21-9-5-10-22-19/h2-7,9-10,15H,8,11-14H2,1H3,(H,23,26)/t15-,20-/m1/s1. The number of oxime groups is 1. The van der Waals surface area contributed by atoms with E-state index < -0.39 is 5.60 Å². The third-order valence-corrected chi connectivity index (χ3v) is 5.19. The topological polar surface area (TPSA) is 79.7 Å². The highest BCUT2D eigenvalue weighted by molar-refractivity contribution is 6.39. The Bertz CT molecular complexity index is 827. The molecule has 7 heteroatoms. The molecule has 0 radical (unpaired) electrons. The van der Waals surface area contributed by atoms with Crippen molar-refractivity contribution in [2.75, 3.05) is 24.5 Å². The Hall–Kier alpha value is -2.96.